The van der Waals surface area contributed by atoms with E-state index in [0.717, 1.165) is 0 Å². The first-order chi connectivity index (χ1) is 8.51. The number of amides is 1. The number of nitrogens with zero attached hydrogens (tertiary/aromatic N) is 1. The number of ketones is 1. The van der Waals surface area contributed by atoms with Crippen molar-refractivity contribution in [3.63, 3.8) is 0 Å². The second kappa shape index (κ2) is 6.00. The summed E-state index contributed by atoms with van der Waals surface area (Å²) in [6.45, 7) is 3.25. The van der Waals surface area contributed by atoms with Gasteiger partial charge in [0.05, 0.1) is 13.2 Å². The zero-order chi connectivity index (χ0) is 13.7. The van der Waals surface area contributed by atoms with Crippen LogP contribution in [0.1, 0.15) is 26.3 Å². The fraction of sp³-hybridized carbons (Fsp3) is 0.417. The number of pyridine rings is 1. The summed E-state index contributed by atoms with van der Waals surface area (Å²) in [5.74, 6) is -0.102. The van der Waals surface area contributed by atoms with Crippen molar-refractivity contribution in [2.45, 2.75) is 26.3 Å². The van der Waals surface area contributed by atoms with Gasteiger partial charge in [-0.25, -0.2) is 4.79 Å². The minimum absolute atomic E-state index is 0.0871. The molecule has 0 spiro atoms. The maximum absolute atomic E-state index is 12.1. The Bertz CT molecular complexity index is 507. The number of rotatable bonds is 4. The van der Waals surface area contributed by atoms with E-state index < -0.39 is 17.7 Å². The summed E-state index contributed by atoms with van der Waals surface area (Å²) in [6, 6.07) is 2.54. The lowest BCUT2D eigenvalue weighted by atomic mass is 10.1. The highest BCUT2D eigenvalue weighted by Crippen LogP contribution is 2.11. The van der Waals surface area contributed by atoms with Crippen LogP contribution in [0.2, 0.25) is 0 Å². The van der Waals surface area contributed by atoms with Crippen molar-refractivity contribution in [3.05, 3.63) is 28.7 Å². The molecule has 1 aromatic heterocycles. The molecule has 0 aliphatic heterocycles. The number of carbonyl (C=O) groups is 2. The van der Waals surface area contributed by atoms with Gasteiger partial charge in [-0.05, 0) is 25.5 Å². The molecular formula is C12H16N2O4. The molecule has 1 atom stereocenters. The molecular weight excluding hydrogens is 236 g/mol. The van der Waals surface area contributed by atoms with E-state index in [9.17, 15) is 14.4 Å². The Hall–Kier alpha value is -2.11. The van der Waals surface area contributed by atoms with Crippen LogP contribution in [0.3, 0.4) is 0 Å². The Morgan fingerprint density at radius 1 is 1.50 bits per heavy atom. The van der Waals surface area contributed by atoms with Crippen LogP contribution in [0.15, 0.2) is 23.1 Å². The average Bonchev–Trinajstić information content (AvgIpc) is 2.34. The number of ether oxygens (including phenoxy) is 1. The minimum Gasteiger partial charge on any atom is -0.453 e. The third kappa shape index (κ3) is 2.97. The first-order valence-corrected chi connectivity index (χ1v) is 5.57. The van der Waals surface area contributed by atoms with E-state index in [1.54, 1.807) is 6.07 Å². The molecule has 98 valence electrons. The Kier molecular flexibility index (Phi) is 4.65. The van der Waals surface area contributed by atoms with Crippen molar-refractivity contribution in [1.29, 1.82) is 0 Å². The van der Waals surface area contributed by atoms with Crippen LogP contribution in [-0.4, -0.2) is 23.6 Å². The monoisotopic (exact) mass is 252 g/mol. The second-order valence-electron chi connectivity index (χ2n) is 3.79. The third-order valence-corrected chi connectivity index (χ3v) is 2.59. The van der Waals surface area contributed by atoms with Gasteiger partial charge in [-0.2, -0.15) is 0 Å². The molecule has 1 N–H and O–H groups in total. The predicted molar refractivity (Wildman–Crippen MR) is 66.7 cm³/mol. The molecule has 0 radical (unpaired) electrons. The first-order valence-electron chi connectivity index (χ1n) is 5.57. The van der Waals surface area contributed by atoms with E-state index >= 15 is 0 Å². The molecule has 0 aromatic carbocycles. The van der Waals surface area contributed by atoms with Crippen LogP contribution in [0, 0.1) is 0 Å². The van der Waals surface area contributed by atoms with Gasteiger partial charge in [0, 0.05) is 6.20 Å². The molecule has 1 rings (SSSR count). The van der Waals surface area contributed by atoms with Crippen LogP contribution in [0.25, 0.3) is 0 Å². The number of aromatic nitrogens is 1. The highest BCUT2D eigenvalue weighted by molar-refractivity contribution is 5.84. The molecule has 6 heteroatoms. The zero-order valence-electron chi connectivity index (χ0n) is 10.6. The lowest BCUT2D eigenvalue weighted by molar-refractivity contribution is -0.120. The van der Waals surface area contributed by atoms with E-state index in [0.29, 0.717) is 6.42 Å². The molecule has 0 saturated carbocycles. The van der Waals surface area contributed by atoms with Gasteiger partial charge in [0.1, 0.15) is 5.69 Å². The Morgan fingerprint density at radius 3 is 2.67 bits per heavy atom. The third-order valence-electron chi connectivity index (χ3n) is 2.59. The molecule has 1 unspecified atom stereocenters. The van der Waals surface area contributed by atoms with Gasteiger partial charge < -0.3 is 9.30 Å². The van der Waals surface area contributed by atoms with Crippen LogP contribution in [0.4, 0.5) is 10.5 Å². The summed E-state index contributed by atoms with van der Waals surface area (Å²) in [6.07, 6.45) is 1.32. The van der Waals surface area contributed by atoms with Crippen LogP contribution in [-0.2, 0) is 9.53 Å². The molecule has 0 fully saturated rings. The molecule has 18 heavy (non-hydrogen) atoms. The number of hydrogen-bond acceptors (Lipinski definition) is 4. The van der Waals surface area contributed by atoms with Crippen molar-refractivity contribution >= 4 is 17.6 Å². The highest BCUT2D eigenvalue weighted by Gasteiger charge is 2.17. The molecule has 0 aliphatic rings. The van der Waals surface area contributed by atoms with Crippen molar-refractivity contribution < 1.29 is 14.3 Å². The lowest BCUT2D eigenvalue weighted by Gasteiger charge is -2.16. The van der Waals surface area contributed by atoms with Gasteiger partial charge in [0.2, 0.25) is 0 Å². The van der Waals surface area contributed by atoms with Crippen molar-refractivity contribution in [3.8, 4) is 0 Å². The number of nitrogens with one attached hydrogen (secondary N) is 1. The summed E-state index contributed by atoms with van der Waals surface area (Å²) in [7, 11) is 1.21. The van der Waals surface area contributed by atoms with Gasteiger partial charge in [0.25, 0.3) is 5.56 Å². The smallest absolute Gasteiger partial charge is 0.411 e. The molecule has 0 aliphatic carbocycles. The fourth-order valence-corrected chi connectivity index (χ4v) is 1.69. The molecule has 1 aromatic rings. The topological polar surface area (TPSA) is 77.4 Å². The summed E-state index contributed by atoms with van der Waals surface area (Å²) < 4.78 is 5.73. The van der Waals surface area contributed by atoms with Crippen molar-refractivity contribution in [1.82, 2.24) is 4.57 Å². The van der Waals surface area contributed by atoms with E-state index in [1.807, 2.05) is 6.92 Å². The van der Waals surface area contributed by atoms with E-state index in [4.69, 9.17) is 0 Å². The fourth-order valence-electron chi connectivity index (χ4n) is 1.69. The summed E-state index contributed by atoms with van der Waals surface area (Å²) in [4.78, 5) is 34.6. The maximum Gasteiger partial charge on any atom is 0.411 e. The normalized spacial score (nSPS) is 11.7. The SMILES string of the molecule is CCC(C(C)=O)n1cccc(NC(=O)OC)c1=O. The largest absolute Gasteiger partial charge is 0.453 e. The molecule has 1 amide bonds. The molecule has 0 bridgehead atoms. The molecule has 0 saturated heterocycles. The molecule has 6 nitrogen and oxygen atoms in total. The van der Waals surface area contributed by atoms with Crippen LogP contribution < -0.4 is 10.9 Å². The number of methoxy groups -OCH3 is 1. The lowest BCUT2D eigenvalue weighted by Crippen LogP contribution is -2.30. The van der Waals surface area contributed by atoms with Gasteiger partial charge >= 0.3 is 6.09 Å². The Balaban J connectivity index is 3.16. The predicted octanol–water partition coefficient (Wildman–Crippen LogP) is 1.57. The van der Waals surface area contributed by atoms with Gasteiger partial charge in [0.15, 0.2) is 5.78 Å². The summed E-state index contributed by atoms with van der Waals surface area (Å²) in [5.41, 5.74) is -0.339. The second-order valence-corrected chi connectivity index (χ2v) is 3.79. The van der Waals surface area contributed by atoms with E-state index in [1.165, 1.54) is 30.9 Å². The average molecular weight is 252 g/mol. The van der Waals surface area contributed by atoms with Gasteiger partial charge in [-0.3, -0.25) is 14.9 Å². The Morgan fingerprint density at radius 2 is 2.17 bits per heavy atom. The van der Waals surface area contributed by atoms with Gasteiger partial charge in [-0.15, -0.1) is 0 Å². The van der Waals surface area contributed by atoms with Gasteiger partial charge in [-0.1, -0.05) is 6.92 Å². The van der Waals surface area contributed by atoms with E-state index in [-0.39, 0.29) is 11.5 Å². The highest BCUT2D eigenvalue weighted by atomic mass is 16.5. The molecule has 1 heterocycles. The quantitative estimate of drug-likeness (QED) is 0.882. The van der Waals surface area contributed by atoms with Crippen molar-refractivity contribution in [2.75, 3.05) is 12.4 Å². The van der Waals surface area contributed by atoms with E-state index in [2.05, 4.69) is 10.1 Å². The first kappa shape index (κ1) is 14.0. The standard InChI is InChI=1S/C12H16N2O4/c1-4-10(8(2)15)14-7-5-6-9(11(14)16)13-12(17)18-3/h5-7,10H,4H2,1-3H3,(H,13,17). The van der Waals surface area contributed by atoms with Crippen LogP contribution >= 0.6 is 0 Å². The zero-order valence-corrected chi connectivity index (χ0v) is 10.6. The summed E-state index contributed by atoms with van der Waals surface area (Å²) >= 11 is 0. The maximum atomic E-state index is 12.1. The minimum atomic E-state index is -0.722. The van der Waals surface area contributed by atoms with Crippen molar-refractivity contribution in [2.24, 2.45) is 0 Å². The van der Waals surface area contributed by atoms with Crippen LogP contribution in [0.5, 0.6) is 0 Å². The number of carbonyl (C=O) groups excluding carboxylic acids is 2. The number of Topliss-reactive ketones (excluding diaryl/α,β-unsaturated/α-hetero) is 1. The number of anilines is 1. The summed E-state index contributed by atoms with van der Waals surface area (Å²) in [5, 5.41) is 2.31. The Labute approximate surface area is 105 Å². The number of hydrogen-bond donors (Lipinski definition) is 1.